The van der Waals surface area contributed by atoms with Gasteiger partial charge in [0.15, 0.2) is 9.84 Å². The summed E-state index contributed by atoms with van der Waals surface area (Å²) >= 11 is 0. The minimum atomic E-state index is -3.40. The normalized spacial score (nSPS) is 14.3. The topological polar surface area (TPSA) is 66.5 Å². The van der Waals surface area contributed by atoms with Crippen LogP contribution >= 0.6 is 0 Å². The Hall–Kier alpha value is -2.34. The molecule has 3 rings (SSSR count). The molecule has 2 aromatic carbocycles. The van der Waals surface area contributed by atoms with Gasteiger partial charge in [-0.05, 0) is 35.7 Å². The van der Waals surface area contributed by atoms with Crippen molar-refractivity contribution in [1.29, 1.82) is 0 Å². The van der Waals surface area contributed by atoms with Gasteiger partial charge in [-0.1, -0.05) is 30.3 Å². The Balaban J connectivity index is 1.91. The van der Waals surface area contributed by atoms with Crippen molar-refractivity contribution in [3.05, 3.63) is 59.2 Å². The van der Waals surface area contributed by atoms with Crippen LogP contribution in [-0.2, 0) is 22.1 Å². The van der Waals surface area contributed by atoms with Crippen molar-refractivity contribution >= 4 is 21.6 Å². The first-order valence-corrected chi connectivity index (χ1v) is 8.94. The second kappa shape index (κ2) is 5.70. The third kappa shape index (κ3) is 3.07. The molecule has 2 amide bonds. The molecule has 1 heterocycles. The average Bonchev–Trinajstić information content (AvgIpc) is 2.48. The molecule has 6 heteroatoms. The largest absolute Gasteiger partial charge is 0.323 e. The predicted octanol–water partition coefficient (Wildman–Crippen LogP) is 2.95. The van der Waals surface area contributed by atoms with Crippen LogP contribution in [0.25, 0.3) is 0 Å². The smallest absolute Gasteiger partial charge is 0.321 e. The average molecular weight is 330 g/mol. The highest BCUT2D eigenvalue weighted by molar-refractivity contribution is 7.90. The van der Waals surface area contributed by atoms with Gasteiger partial charge in [0, 0.05) is 19.3 Å². The lowest BCUT2D eigenvalue weighted by atomic mass is 10.1. The van der Waals surface area contributed by atoms with E-state index in [1.54, 1.807) is 49.2 Å². The van der Waals surface area contributed by atoms with Crippen molar-refractivity contribution in [2.75, 3.05) is 12.4 Å². The number of rotatable bonds is 3. The number of nitrogens with zero attached hydrogens (tertiary/aromatic N) is 1. The van der Waals surface area contributed by atoms with Crippen molar-refractivity contribution in [1.82, 2.24) is 4.90 Å². The number of nitrogens with one attached hydrogen (secondary N) is 1. The van der Waals surface area contributed by atoms with Crippen molar-refractivity contribution < 1.29 is 13.2 Å². The molecule has 0 atom stereocenters. The molecular weight excluding hydrogens is 312 g/mol. The molecule has 0 bridgehead atoms. The van der Waals surface area contributed by atoms with E-state index in [2.05, 4.69) is 5.32 Å². The van der Waals surface area contributed by atoms with Crippen LogP contribution in [0.3, 0.4) is 0 Å². The van der Waals surface area contributed by atoms with Crippen LogP contribution in [0.4, 0.5) is 10.5 Å². The van der Waals surface area contributed by atoms with Crippen molar-refractivity contribution in [2.24, 2.45) is 0 Å². The van der Waals surface area contributed by atoms with Gasteiger partial charge >= 0.3 is 6.03 Å². The number of hydrogen-bond acceptors (Lipinski definition) is 3. The molecule has 0 saturated heterocycles. The lowest BCUT2D eigenvalue weighted by Crippen LogP contribution is -2.35. The summed E-state index contributed by atoms with van der Waals surface area (Å²) in [6, 6.07) is 12.2. The highest BCUT2D eigenvalue weighted by atomic mass is 32.2. The van der Waals surface area contributed by atoms with Crippen molar-refractivity contribution in [3.63, 3.8) is 0 Å². The Morgan fingerprint density at radius 2 is 1.91 bits per heavy atom. The van der Waals surface area contributed by atoms with Crippen LogP contribution in [0.5, 0.6) is 0 Å². The second-order valence-electron chi connectivity index (χ2n) is 5.80. The van der Waals surface area contributed by atoms with Crippen LogP contribution in [0.1, 0.15) is 16.7 Å². The van der Waals surface area contributed by atoms with Gasteiger partial charge in [-0.3, -0.25) is 0 Å². The molecule has 0 aliphatic carbocycles. The van der Waals surface area contributed by atoms with E-state index in [9.17, 15) is 13.2 Å². The van der Waals surface area contributed by atoms with Gasteiger partial charge in [0.05, 0.1) is 10.6 Å². The quantitative estimate of drug-likeness (QED) is 0.941. The molecule has 0 saturated carbocycles. The minimum Gasteiger partial charge on any atom is -0.323 e. The molecule has 0 fully saturated rings. The number of aryl methyl sites for hydroxylation is 1. The van der Waals surface area contributed by atoms with Gasteiger partial charge < -0.3 is 10.2 Å². The van der Waals surface area contributed by atoms with Crippen LogP contribution in [0.15, 0.2) is 47.4 Å². The number of hydrogen-bond donors (Lipinski definition) is 1. The van der Waals surface area contributed by atoms with E-state index < -0.39 is 9.84 Å². The lowest BCUT2D eigenvalue weighted by Gasteiger charge is -2.26. The first kappa shape index (κ1) is 15.6. The van der Waals surface area contributed by atoms with E-state index in [1.165, 1.54) is 0 Å². The van der Waals surface area contributed by atoms with E-state index in [0.717, 1.165) is 22.4 Å². The summed E-state index contributed by atoms with van der Waals surface area (Å²) in [5.74, 6) is -0.0528. The summed E-state index contributed by atoms with van der Waals surface area (Å²) in [6.45, 7) is 2.27. The molecule has 0 radical (unpaired) electrons. The lowest BCUT2D eigenvalue weighted by molar-refractivity contribution is 0.218. The fourth-order valence-electron chi connectivity index (χ4n) is 2.73. The molecule has 1 aliphatic heterocycles. The summed E-state index contributed by atoms with van der Waals surface area (Å²) in [7, 11) is -1.69. The summed E-state index contributed by atoms with van der Waals surface area (Å²) in [4.78, 5) is 13.5. The monoisotopic (exact) mass is 330 g/mol. The number of anilines is 1. The van der Waals surface area contributed by atoms with E-state index in [1.807, 2.05) is 12.1 Å². The Bertz CT molecular complexity index is 875. The molecular formula is C17H18N2O3S. The molecule has 0 unspecified atom stereocenters. The predicted molar refractivity (Wildman–Crippen MR) is 89.0 cm³/mol. The highest BCUT2D eigenvalue weighted by Gasteiger charge is 2.22. The zero-order chi connectivity index (χ0) is 16.6. The van der Waals surface area contributed by atoms with Crippen LogP contribution in [0.2, 0.25) is 0 Å². The molecule has 1 N–H and O–H groups in total. The molecule has 120 valence electrons. The maximum atomic E-state index is 12.6. The van der Waals surface area contributed by atoms with Gasteiger partial charge in [0.25, 0.3) is 0 Å². The summed E-state index contributed by atoms with van der Waals surface area (Å²) < 4.78 is 25.3. The number of carbonyl (C=O) groups excluding carboxylic acids is 1. The third-order valence-electron chi connectivity index (χ3n) is 3.95. The number of sulfone groups is 1. The Labute approximate surface area is 135 Å². The van der Waals surface area contributed by atoms with Gasteiger partial charge in [-0.25, -0.2) is 13.2 Å². The first-order chi connectivity index (χ1) is 10.9. The number of amides is 2. The first-order valence-electron chi connectivity index (χ1n) is 7.29. The summed E-state index contributed by atoms with van der Waals surface area (Å²) in [6.07, 6.45) is 0. The number of benzene rings is 2. The maximum absolute atomic E-state index is 12.6. The standard InChI is InChI=1S/C17H18N2O3S/c1-12-5-3-4-6-16(12)23(21,22)11-13-7-8-15-14(9-13)10-19(2)17(20)18-15/h3-9H,10-11H2,1-2H3,(H,18,20). The van der Waals surface area contributed by atoms with Gasteiger partial charge in [-0.2, -0.15) is 0 Å². The van der Waals surface area contributed by atoms with Crippen LogP contribution in [0, 0.1) is 6.92 Å². The molecule has 1 aliphatic rings. The van der Waals surface area contributed by atoms with Gasteiger partial charge in [-0.15, -0.1) is 0 Å². The van der Waals surface area contributed by atoms with E-state index >= 15 is 0 Å². The number of fused-ring (bicyclic) bond motifs is 1. The number of urea groups is 1. The summed E-state index contributed by atoms with van der Waals surface area (Å²) in [5, 5.41) is 2.78. The Kier molecular flexibility index (Phi) is 3.85. The molecule has 2 aromatic rings. The van der Waals surface area contributed by atoms with E-state index in [-0.39, 0.29) is 11.8 Å². The second-order valence-corrected chi connectivity index (χ2v) is 7.76. The molecule has 23 heavy (non-hydrogen) atoms. The fraction of sp³-hybridized carbons (Fsp3) is 0.235. The SMILES string of the molecule is Cc1ccccc1S(=O)(=O)Cc1ccc2c(c1)CN(C)C(=O)N2. The minimum absolute atomic E-state index is 0.0528. The highest BCUT2D eigenvalue weighted by Crippen LogP contribution is 2.26. The third-order valence-corrected chi connectivity index (χ3v) is 5.79. The number of carbonyl (C=O) groups is 1. The zero-order valence-electron chi connectivity index (χ0n) is 13.0. The van der Waals surface area contributed by atoms with Gasteiger partial charge in [0.1, 0.15) is 0 Å². The Morgan fingerprint density at radius 1 is 1.17 bits per heavy atom. The van der Waals surface area contributed by atoms with E-state index in [0.29, 0.717) is 11.4 Å². The van der Waals surface area contributed by atoms with Gasteiger partial charge in [0.2, 0.25) is 0 Å². The van der Waals surface area contributed by atoms with Crippen molar-refractivity contribution in [2.45, 2.75) is 24.1 Å². The molecule has 0 spiro atoms. The summed E-state index contributed by atoms with van der Waals surface area (Å²) in [5.41, 5.74) is 3.13. The maximum Gasteiger partial charge on any atom is 0.321 e. The van der Waals surface area contributed by atoms with Crippen molar-refractivity contribution in [3.8, 4) is 0 Å². The fourth-order valence-corrected chi connectivity index (χ4v) is 4.35. The molecule has 5 nitrogen and oxygen atoms in total. The zero-order valence-corrected chi connectivity index (χ0v) is 13.9. The van der Waals surface area contributed by atoms with Crippen LogP contribution < -0.4 is 5.32 Å². The van der Waals surface area contributed by atoms with Crippen LogP contribution in [-0.4, -0.2) is 26.4 Å². The Morgan fingerprint density at radius 3 is 2.65 bits per heavy atom. The molecule has 0 aromatic heterocycles. The van der Waals surface area contributed by atoms with E-state index in [4.69, 9.17) is 0 Å².